The third kappa shape index (κ3) is 4.72. The first kappa shape index (κ1) is 17.7. The summed E-state index contributed by atoms with van der Waals surface area (Å²) in [4.78, 5) is 12.1. The second-order valence-electron chi connectivity index (χ2n) is 6.08. The first-order chi connectivity index (χ1) is 12.3. The van der Waals surface area contributed by atoms with Gasteiger partial charge in [0.25, 0.3) is 0 Å². The molecular weight excluding hydrogens is 338 g/mol. The zero-order chi connectivity index (χ0) is 17.5. The summed E-state index contributed by atoms with van der Waals surface area (Å²) >= 11 is 1.38. The molecule has 0 saturated heterocycles. The summed E-state index contributed by atoms with van der Waals surface area (Å²) in [6.45, 7) is 0.441. The number of ether oxygens (including phenoxy) is 1. The van der Waals surface area contributed by atoms with Crippen LogP contribution in [0.1, 0.15) is 43.7 Å². The number of benzene rings is 1. The number of aromatic nitrogens is 4. The van der Waals surface area contributed by atoms with E-state index in [9.17, 15) is 4.79 Å². The number of rotatable bonds is 7. The molecule has 1 aromatic carbocycles. The van der Waals surface area contributed by atoms with Crippen LogP contribution in [0.25, 0.3) is 0 Å². The van der Waals surface area contributed by atoms with Gasteiger partial charge in [0.1, 0.15) is 5.75 Å². The predicted octanol–water partition coefficient (Wildman–Crippen LogP) is 2.60. The molecule has 7 nitrogen and oxygen atoms in total. The predicted molar refractivity (Wildman–Crippen MR) is 95.5 cm³/mol. The van der Waals surface area contributed by atoms with Gasteiger partial charge < -0.3 is 10.1 Å². The molecule has 1 aliphatic carbocycles. The lowest BCUT2D eigenvalue weighted by Gasteiger charge is -2.21. The molecule has 2 aromatic rings. The molecule has 1 amide bonds. The molecule has 0 radical (unpaired) electrons. The van der Waals surface area contributed by atoms with E-state index in [4.69, 9.17) is 4.74 Å². The van der Waals surface area contributed by atoms with E-state index in [1.54, 1.807) is 7.11 Å². The third-order valence-corrected chi connectivity index (χ3v) is 5.32. The topological polar surface area (TPSA) is 81.9 Å². The monoisotopic (exact) mass is 361 g/mol. The molecule has 134 valence electrons. The molecule has 1 aromatic heterocycles. The van der Waals surface area contributed by atoms with Crippen LogP contribution < -0.4 is 10.1 Å². The molecule has 0 unspecified atom stereocenters. The number of tetrazole rings is 1. The molecule has 1 heterocycles. The van der Waals surface area contributed by atoms with Crippen molar-refractivity contribution in [3.63, 3.8) is 0 Å². The first-order valence-corrected chi connectivity index (χ1v) is 9.55. The van der Waals surface area contributed by atoms with E-state index in [-0.39, 0.29) is 5.91 Å². The van der Waals surface area contributed by atoms with Crippen LogP contribution in [0.5, 0.6) is 5.75 Å². The minimum atomic E-state index is -0.0471. The van der Waals surface area contributed by atoms with Gasteiger partial charge >= 0.3 is 0 Å². The maximum absolute atomic E-state index is 12.1. The highest BCUT2D eigenvalue weighted by molar-refractivity contribution is 7.99. The average molecular weight is 361 g/mol. The van der Waals surface area contributed by atoms with Crippen molar-refractivity contribution in [1.29, 1.82) is 0 Å². The second-order valence-corrected chi connectivity index (χ2v) is 7.02. The summed E-state index contributed by atoms with van der Waals surface area (Å²) in [7, 11) is 1.63. The molecule has 1 N–H and O–H groups in total. The number of hydrogen-bond donors (Lipinski definition) is 1. The van der Waals surface area contributed by atoms with E-state index in [0.29, 0.717) is 18.3 Å². The number of nitrogens with zero attached hydrogens (tertiary/aromatic N) is 4. The van der Waals surface area contributed by atoms with Gasteiger partial charge in [0.2, 0.25) is 11.1 Å². The number of para-hydroxylation sites is 1. The minimum absolute atomic E-state index is 0.0471. The summed E-state index contributed by atoms with van der Waals surface area (Å²) in [5.41, 5.74) is 0.954. The molecule has 0 aliphatic heterocycles. The first-order valence-electron chi connectivity index (χ1n) is 8.57. The Morgan fingerprint density at radius 3 is 2.92 bits per heavy atom. The van der Waals surface area contributed by atoms with Crippen molar-refractivity contribution >= 4 is 17.7 Å². The smallest absolute Gasteiger partial charge is 0.230 e. The van der Waals surface area contributed by atoms with Crippen molar-refractivity contribution in [2.45, 2.75) is 49.8 Å². The maximum Gasteiger partial charge on any atom is 0.230 e. The fraction of sp³-hybridized carbons (Fsp3) is 0.529. The normalized spacial score (nSPS) is 15.1. The van der Waals surface area contributed by atoms with Crippen LogP contribution in [0.3, 0.4) is 0 Å². The van der Waals surface area contributed by atoms with Crippen LogP contribution in [-0.2, 0) is 11.3 Å². The number of nitrogens with one attached hydrogen (secondary N) is 1. The number of carbonyl (C=O) groups excluding carboxylic acids is 1. The summed E-state index contributed by atoms with van der Waals surface area (Å²) in [5.74, 6) is 1.02. The number of methoxy groups -OCH3 is 1. The number of amides is 1. The summed E-state index contributed by atoms with van der Waals surface area (Å²) < 4.78 is 7.18. The second kappa shape index (κ2) is 8.84. The molecular formula is C17H23N5O2S. The van der Waals surface area contributed by atoms with Crippen LogP contribution in [-0.4, -0.2) is 39.0 Å². The average Bonchev–Trinajstić information content (AvgIpc) is 3.14. The van der Waals surface area contributed by atoms with Gasteiger partial charge in [-0.15, -0.1) is 5.10 Å². The lowest BCUT2D eigenvalue weighted by molar-refractivity contribution is -0.118. The Morgan fingerprint density at radius 1 is 1.32 bits per heavy atom. The highest BCUT2D eigenvalue weighted by Crippen LogP contribution is 2.30. The molecule has 25 heavy (non-hydrogen) atoms. The van der Waals surface area contributed by atoms with Gasteiger partial charge in [-0.3, -0.25) is 4.79 Å². The van der Waals surface area contributed by atoms with Crippen LogP contribution >= 0.6 is 11.8 Å². The van der Waals surface area contributed by atoms with Gasteiger partial charge in [-0.25, -0.2) is 4.68 Å². The third-order valence-electron chi connectivity index (χ3n) is 4.38. The number of hydrogen-bond acceptors (Lipinski definition) is 6. The van der Waals surface area contributed by atoms with E-state index < -0.39 is 0 Å². The molecule has 1 aliphatic rings. The van der Waals surface area contributed by atoms with Crippen LogP contribution in [0, 0.1) is 0 Å². The van der Waals surface area contributed by atoms with Gasteiger partial charge in [0, 0.05) is 12.1 Å². The van der Waals surface area contributed by atoms with Gasteiger partial charge in [0.15, 0.2) is 0 Å². The molecule has 0 bridgehead atoms. The SMILES string of the molecule is COc1ccccc1CNC(=O)CSc1nnnn1C1CCCCC1. The van der Waals surface area contributed by atoms with E-state index in [2.05, 4.69) is 20.8 Å². The van der Waals surface area contributed by atoms with E-state index in [1.807, 2.05) is 28.9 Å². The standard InChI is InChI=1S/C17H23N5O2S/c1-24-15-10-6-5-7-13(15)11-18-16(23)12-25-17-19-20-21-22(17)14-8-3-2-4-9-14/h5-7,10,14H,2-4,8-9,11-12H2,1H3,(H,18,23). The van der Waals surface area contributed by atoms with Crippen molar-refractivity contribution in [3.8, 4) is 5.75 Å². The summed E-state index contributed by atoms with van der Waals surface area (Å²) in [6, 6.07) is 8.02. The summed E-state index contributed by atoms with van der Waals surface area (Å²) in [5, 5.41) is 15.6. The summed E-state index contributed by atoms with van der Waals surface area (Å²) in [6.07, 6.45) is 5.94. The molecule has 0 atom stereocenters. The van der Waals surface area contributed by atoms with Crippen molar-refractivity contribution in [2.24, 2.45) is 0 Å². The van der Waals surface area contributed by atoms with Crippen molar-refractivity contribution in [3.05, 3.63) is 29.8 Å². The Labute approximate surface area is 151 Å². The Hall–Kier alpha value is -2.09. The molecule has 1 fully saturated rings. The van der Waals surface area contributed by atoms with Crippen LogP contribution in [0.4, 0.5) is 0 Å². The largest absolute Gasteiger partial charge is 0.496 e. The van der Waals surface area contributed by atoms with Gasteiger partial charge in [0.05, 0.1) is 18.9 Å². The fourth-order valence-corrected chi connectivity index (χ4v) is 3.83. The highest BCUT2D eigenvalue weighted by atomic mass is 32.2. The number of carbonyl (C=O) groups is 1. The van der Waals surface area contributed by atoms with E-state index in [0.717, 1.165) is 29.3 Å². The number of thioether (sulfide) groups is 1. The quantitative estimate of drug-likeness (QED) is 0.764. The zero-order valence-electron chi connectivity index (χ0n) is 14.4. The van der Waals surface area contributed by atoms with Crippen molar-refractivity contribution in [1.82, 2.24) is 25.5 Å². The van der Waals surface area contributed by atoms with E-state index >= 15 is 0 Å². The molecule has 8 heteroatoms. The molecule has 1 saturated carbocycles. The lowest BCUT2D eigenvalue weighted by atomic mass is 9.96. The van der Waals surface area contributed by atoms with Crippen molar-refractivity contribution < 1.29 is 9.53 Å². The Balaban J connectivity index is 1.50. The lowest BCUT2D eigenvalue weighted by Crippen LogP contribution is -2.25. The van der Waals surface area contributed by atoms with Crippen LogP contribution in [0.15, 0.2) is 29.4 Å². The Morgan fingerprint density at radius 2 is 2.12 bits per heavy atom. The Bertz CT molecular complexity index is 700. The molecule has 0 spiro atoms. The van der Waals surface area contributed by atoms with E-state index in [1.165, 1.54) is 31.0 Å². The van der Waals surface area contributed by atoms with Gasteiger partial charge in [-0.1, -0.05) is 49.2 Å². The van der Waals surface area contributed by atoms with Crippen molar-refractivity contribution in [2.75, 3.05) is 12.9 Å². The fourth-order valence-electron chi connectivity index (χ4n) is 3.06. The Kier molecular flexibility index (Phi) is 6.27. The minimum Gasteiger partial charge on any atom is -0.496 e. The maximum atomic E-state index is 12.1. The van der Waals surface area contributed by atoms with Gasteiger partial charge in [-0.05, 0) is 29.3 Å². The highest BCUT2D eigenvalue weighted by Gasteiger charge is 2.20. The molecule has 3 rings (SSSR count). The van der Waals surface area contributed by atoms with Crippen LogP contribution in [0.2, 0.25) is 0 Å². The van der Waals surface area contributed by atoms with Gasteiger partial charge in [-0.2, -0.15) is 0 Å². The zero-order valence-corrected chi connectivity index (χ0v) is 15.2.